The van der Waals surface area contributed by atoms with Gasteiger partial charge in [-0.2, -0.15) is 0 Å². The molecule has 0 aliphatic rings. The van der Waals surface area contributed by atoms with Crippen LogP contribution < -0.4 is 0 Å². The van der Waals surface area contributed by atoms with E-state index in [-0.39, 0.29) is 5.69 Å². The van der Waals surface area contributed by atoms with E-state index < -0.39 is 5.97 Å². The van der Waals surface area contributed by atoms with Crippen molar-refractivity contribution in [2.45, 2.75) is 13.3 Å². The number of carbonyl (C=O) groups is 1. The van der Waals surface area contributed by atoms with E-state index in [4.69, 9.17) is 0 Å². The van der Waals surface area contributed by atoms with Gasteiger partial charge in [0.05, 0.1) is 11.6 Å². The molecular weight excluding hydrogens is 236 g/mol. The van der Waals surface area contributed by atoms with Crippen LogP contribution in [0.15, 0.2) is 10.7 Å². The molecule has 0 fully saturated rings. The Morgan fingerprint density at radius 3 is 2.92 bits per heavy atom. The third-order valence-electron chi connectivity index (χ3n) is 1.49. The van der Waals surface area contributed by atoms with Crippen LogP contribution in [-0.2, 0) is 11.2 Å². The lowest BCUT2D eigenvalue weighted by molar-refractivity contribution is 0.0592. The summed E-state index contributed by atoms with van der Waals surface area (Å²) in [5.74, 6) is 0.174. The average Bonchev–Trinajstić information content (AvgIpc) is 2.17. The Bertz CT molecular complexity index is 328. The van der Waals surface area contributed by atoms with Crippen LogP contribution in [0.1, 0.15) is 23.2 Å². The molecule has 1 heterocycles. The molecular formula is C8H9BrN2O2. The van der Waals surface area contributed by atoms with Gasteiger partial charge in [-0.25, -0.2) is 14.8 Å². The van der Waals surface area contributed by atoms with Crippen molar-refractivity contribution >= 4 is 21.9 Å². The fourth-order valence-electron chi connectivity index (χ4n) is 0.814. The number of ether oxygens (including phenoxy) is 1. The Balaban J connectivity index is 3.11. The van der Waals surface area contributed by atoms with Gasteiger partial charge in [-0.1, -0.05) is 6.92 Å². The topological polar surface area (TPSA) is 52.1 Å². The first-order valence-electron chi connectivity index (χ1n) is 3.78. The number of halogens is 1. The van der Waals surface area contributed by atoms with E-state index >= 15 is 0 Å². The molecule has 1 aromatic heterocycles. The first-order chi connectivity index (χ1) is 6.19. The number of aryl methyl sites for hydroxylation is 1. The SMILES string of the molecule is CCc1ncc(Br)c(C(=O)OC)n1. The van der Waals surface area contributed by atoms with Crippen LogP contribution >= 0.6 is 15.9 Å². The molecule has 0 amide bonds. The van der Waals surface area contributed by atoms with Gasteiger partial charge in [-0.05, 0) is 15.9 Å². The molecule has 70 valence electrons. The van der Waals surface area contributed by atoms with Crippen LogP contribution in [0.25, 0.3) is 0 Å². The second-order valence-electron chi connectivity index (χ2n) is 2.33. The maximum absolute atomic E-state index is 11.2. The molecule has 1 rings (SSSR count). The minimum absolute atomic E-state index is 0.273. The van der Waals surface area contributed by atoms with E-state index in [0.717, 1.165) is 0 Å². The van der Waals surface area contributed by atoms with E-state index in [2.05, 4.69) is 30.6 Å². The number of hydrogen-bond acceptors (Lipinski definition) is 4. The standard InChI is InChI=1S/C8H9BrN2O2/c1-3-6-10-4-5(9)7(11-6)8(12)13-2/h4H,3H2,1-2H3. The molecule has 0 atom stereocenters. The van der Waals surface area contributed by atoms with Crippen molar-refractivity contribution in [1.29, 1.82) is 0 Å². The molecule has 13 heavy (non-hydrogen) atoms. The molecule has 0 aromatic carbocycles. The van der Waals surface area contributed by atoms with Crippen LogP contribution in [0, 0.1) is 0 Å². The predicted molar refractivity (Wildman–Crippen MR) is 50.4 cm³/mol. The van der Waals surface area contributed by atoms with Crippen molar-refractivity contribution in [3.8, 4) is 0 Å². The maximum atomic E-state index is 11.2. The number of carbonyl (C=O) groups excluding carboxylic acids is 1. The molecule has 0 N–H and O–H groups in total. The second kappa shape index (κ2) is 4.32. The summed E-state index contributed by atoms with van der Waals surface area (Å²) in [4.78, 5) is 19.2. The predicted octanol–water partition coefficient (Wildman–Crippen LogP) is 1.59. The lowest BCUT2D eigenvalue weighted by atomic mass is 10.4. The molecule has 0 bridgehead atoms. The Hall–Kier alpha value is -0.970. The van der Waals surface area contributed by atoms with Gasteiger partial charge in [0.15, 0.2) is 5.69 Å². The Morgan fingerprint density at radius 1 is 1.69 bits per heavy atom. The number of rotatable bonds is 2. The Kier molecular flexibility index (Phi) is 3.36. The second-order valence-corrected chi connectivity index (χ2v) is 3.18. The lowest BCUT2D eigenvalue weighted by Gasteiger charge is -2.02. The summed E-state index contributed by atoms with van der Waals surface area (Å²) in [6, 6.07) is 0. The zero-order chi connectivity index (χ0) is 9.84. The summed E-state index contributed by atoms with van der Waals surface area (Å²) in [5.41, 5.74) is 0.273. The van der Waals surface area contributed by atoms with Gasteiger partial charge in [0, 0.05) is 12.6 Å². The van der Waals surface area contributed by atoms with Crippen molar-refractivity contribution in [3.05, 3.63) is 22.2 Å². The summed E-state index contributed by atoms with van der Waals surface area (Å²) in [6.45, 7) is 1.92. The van der Waals surface area contributed by atoms with Crippen LogP contribution in [0.5, 0.6) is 0 Å². The molecule has 0 aliphatic heterocycles. The Morgan fingerprint density at radius 2 is 2.38 bits per heavy atom. The minimum atomic E-state index is -0.455. The normalized spacial score (nSPS) is 9.77. The first kappa shape index (κ1) is 10.1. The molecule has 0 saturated carbocycles. The molecule has 0 radical (unpaired) electrons. The Labute approximate surface area is 84.5 Å². The van der Waals surface area contributed by atoms with E-state index in [1.54, 1.807) is 6.20 Å². The van der Waals surface area contributed by atoms with E-state index in [1.807, 2.05) is 6.92 Å². The van der Waals surface area contributed by atoms with E-state index in [1.165, 1.54) is 7.11 Å². The first-order valence-corrected chi connectivity index (χ1v) is 4.58. The zero-order valence-corrected chi connectivity index (χ0v) is 8.96. The average molecular weight is 245 g/mol. The van der Waals surface area contributed by atoms with Gasteiger partial charge < -0.3 is 4.74 Å². The summed E-state index contributed by atoms with van der Waals surface area (Å²) >= 11 is 3.18. The molecule has 0 unspecified atom stereocenters. The minimum Gasteiger partial charge on any atom is -0.464 e. The van der Waals surface area contributed by atoms with Crippen molar-refractivity contribution in [1.82, 2.24) is 9.97 Å². The largest absolute Gasteiger partial charge is 0.464 e. The zero-order valence-electron chi connectivity index (χ0n) is 7.37. The number of hydrogen-bond donors (Lipinski definition) is 0. The van der Waals surface area contributed by atoms with Crippen molar-refractivity contribution in [2.24, 2.45) is 0 Å². The van der Waals surface area contributed by atoms with Crippen molar-refractivity contribution < 1.29 is 9.53 Å². The molecule has 4 nitrogen and oxygen atoms in total. The van der Waals surface area contributed by atoms with E-state index in [0.29, 0.717) is 16.7 Å². The number of aromatic nitrogens is 2. The molecule has 1 aromatic rings. The van der Waals surface area contributed by atoms with Gasteiger partial charge in [0.1, 0.15) is 5.82 Å². The van der Waals surface area contributed by atoms with Crippen LogP contribution in [0.3, 0.4) is 0 Å². The fraction of sp³-hybridized carbons (Fsp3) is 0.375. The monoisotopic (exact) mass is 244 g/mol. The number of methoxy groups -OCH3 is 1. The van der Waals surface area contributed by atoms with Gasteiger partial charge in [-0.15, -0.1) is 0 Å². The van der Waals surface area contributed by atoms with Gasteiger partial charge >= 0.3 is 5.97 Å². The fourth-order valence-corrected chi connectivity index (χ4v) is 1.17. The van der Waals surface area contributed by atoms with Crippen molar-refractivity contribution in [2.75, 3.05) is 7.11 Å². The maximum Gasteiger partial charge on any atom is 0.357 e. The molecule has 5 heteroatoms. The molecule has 0 spiro atoms. The summed E-state index contributed by atoms with van der Waals surface area (Å²) in [5, 5.41) is 0. The highest BCUT2D eigenvalue weighted by Crippen LogP contribution is 2.14. The smallest absolute Gasteiger partial charge is 0.357 e. The van der Waals surface area contributed by atoms with Crippen LogP contribution in [0.4, 0.5) is 0 Å². The molecule has 0 aliphatic carbocycles. The molecule has 0 saturated heterocycles. The number of nitrogens with zero attached hydrogens (tertiary/aromatic N) is 2. The van der Waals surface area contributed by atoms with Crippen molar-refractivity contribution in [3.63, 3.8) is 0 Å². The highest BCUT2D eigenvalue weighted by Gasteiger charge is 2.12. The lowest BCUT2D eigenvalue weighted by Crippen LogP contribution is -2.08. The third kappa shape index (κ3) is 2.24. The van der Waals surface area contributed by atoms with Crippen LogP contribution in [0.2, 0.25) is 0 Å². The quantitative estimate of drug-likeness (QED) is 0.742. The van der Waals surface area contributed by atoms with Crippen LogP contribution in [-0.4, -0.2) is 23.0 Å². The summed E-state index contributed by atoms with van der Waals surface area (Å²) < 4.78 is 5.11. The highest BCUT2D eigenvalue weighted by molar-refractivity contribution is 9.10. The van der Waals surface area contributed by atoms with E-state index in [9.17, 15) is 4.79 Å². The third-order valence-corrected chi connectivity index (χ3v) is 2.07. The van der Waals surface area contributed by atoms with Gasteiger partial charge in [-0.3, -0.25) is 0 Å². The summed E-state index contributed by atoms with van der Waals surface area (Å²) in [7, 11) is 1.32. The summed E-state index contributed by atoms with van der Waals surface area (Å²) in [6.07, 6.45) is 2.25. The number of esters is 1. The van der Waals surface area contributed by atoms with Gasteiger partial charge in [0.25, 0.3) is 0 Å². The van der Waals surface area contributed by atoms with Gasteiger partial charge in [0.2, 0.25) is 0 Å². The highest BCUT2D eigenvalue weighted by atomic mass is 79.9.